The minimum absolute atomic E-state index is 0.203. The molecule has 2 aliphatic rings. The van der Waals surface area contributed by atoms with Gasteiger partial charge in [-0.25, -0.2) is 4.98 Å². The van der Waals surface area contributed by atoms with Crippen molar-refractivity contribution in [2.75, 3.05) is 7.11 Å². The summed E-state index contributed by atoms with van der Waals surface area (Å²) < 4.78 is 11.9. The summed E-state index contributed by atoms with van der Waals surface area (Å²) in [5.41, 5.74) is 1.61. The average Bonchev–Trinajstić information content (AvgIpc) is 3.33. The number of nitrogens with one attached hydrogen (secondary N) is 1. The van der Waals surface area contributed by atoms with E-state index in [1.54, 1.807) is 13.3 Å². The second-order valence-electron chi connectivity index (χ2n) is 8.50. The molecule has 0 aliphatic heterocycles. The first-order valence-electron chi connectivity index (χ1n) is 11.2. The average molecular weight is 419 g/mol. The number of ether oxygens (including phenoxy) is 2. The van der Waals surface area contributed by atoms with Crippen LogP contribution in [0.4, 0.5) is 0 Å². The van der Waals surface area contributed by atoms with Gasteiger partial charge in [-0.05, 0) is 87.1 Å². The highest BCUT2D eigenvalue weighted by Gasteiger charge is 2.36. The van der Waals surface area contributed by atoms with Crippen LogP contribution in [0.15, 0.2) is 42.6 Å². The molecule has 5 heteroatoms. The smallest absolute Gasteiger partial charge is 0.207 e. The highest BCUT2D eigenvalue weighted by atomic mass is 16.5. The van der Waals surface area contributed by atoms with Crippen LogP contribution in [-0.2, 0) is 10.2 Å². The topological polar surface area (TPSA) is 60.5 Å². The Balaban J connectivity index is 1.67. The normalized spacial score (nSPS) is 23.5. The molecule has 0 bridgehead atoms. The van der Waals surface area contributed by atoms with E-state index in [1.165, 1.54) is 12.8 Å². The fraction of sp³-hybridized carbons (Fsp3) is 0.462. The zero-order chi connectivity index (χ0) is 21.5. The standard InChI is InChI=1S/C26H30N2O3/c1-30-24-10-9-20(18-25(24)31-23-7-2-3-8-23)26(14-11-21-6-4-5-17-27-21)15-12-22(13-16-26)28-19-29/h4-6,9-10,17-19,22-23H,2-3,7-8,12-13,15-16H2,1H3,(H,28,29). The van der Waals surface area contributed by atoms with Gasteiger partial charge < -0.3 is 14.8 Å². The first-order chi connectivity index (χ1) is 15.2. The van der Waals surface area contributed by atoms with Gasteiger partial charge in [-0.1, -0.05) is 18.1 Å². The molecule has 0 atom stereocenters. The Labute approximate surface area is 184 Å². The van der Waals surface area contributed by atoms with Gasteiger partial charge in [0.2, 0.25) is 6.41 Å². The van der Waals surface area contributed by atoms with E-state index in [0.717, 1.165) is 67.7 Å². The molecule has 1 aromatic carbocycles. The van der Waals surface area contributed by atoms with E-state index in [1.807, 2.05) is 24.3 Å². The van der Waals surface area contributed by atoms with E-state index >= 15 is 0 Å². The lowest BCUT2D eigenvalue weighted by molar-refractivity contribution is -0.110. The van der Waals surface area contributed by atoms with Crippen molar-refractivity contribution >= 4 is 6.41 Å². The number of aromatic nitrogens is 1. The Hall–Kier alpha value is -3.00. The van der Waals surface area contributed by atoms with Crippen LogP contribution in [0, 0.1) is 11.8 Å². The summed E-state index contributed by atoms with van der Waals surface area (Å²) >= 11 is 0. The lowest BCUT2D eigenvalue weighted by Gasteiger charge is -2.37. The summed E-state index contributed by atoms with van der Waals surface area (Å²) in [5.74, 6) is 8.43. The molecule has 1 aromatic heterocycles. The summed E-state index contributed by atoms with van der Waals surface area (Å²) in [6.07, 6.45) is 11.0. The highest BCUT2D eigenvalue weighted by Crippen LogP contribution is 2.43. The minimum Gasteiger partial charge on any atom is -0.493 e. The zero-order valence-corrected chi connectivity index (χ0v) is 18.1. The van der Waals surface area contributed by atoms with E-state index in [2.05, 4.69) is 34.3 Å². The maximum absolute atomic E-state index is 10.9. The number of pyridine rings is 1. The summed E-state index contributed by atoms with van der Waals surface area (Å²) in [5, 5.41) is 2.94. The first-order valence-corrected chi connectivity index (χ1v) is 11.2. The summed E-state index contributed by atoms with van der Waals surface area (Å²) in [6.45, 7) is 0. The third-order valence-electron chi connectivity index (χ3n) is 6.55. The second kappa shape index (κ2) is 9.87. The van der Waals surface area contributed by atoms with Gasteiger partial charge in [0.1, 0.15) is 5.69 Å². The number of hydrogen-bond donors (Lipinski definition) is 1. The van der Waals surface area contributed by atoms with Gasteiger partial charge in [0.15, 0.2) is 11.5 Å². The van der Waals surface area contributed by atoms with Crippen LogP contribution in [0.5, 0.6) is 11.5 Å². The van der Waals surface area contributed by atoms with Crippen LogP contribution in [0.25, 0.3) is 0 Å². The zero-order valence-electron chi connectivity index (χ0n) is 18.1. The van der Waals surface area contributed by atoms with Crippen LogP contribution >= 0.6 is 0 Å². The summed E-state index contributed by atoms with van der Waals surface area (Å²) in [7, 11) is 1.68. The van der Waals surface area contributed by atoms with Crippen LogP contribution in [0.3, 0.4) is 0 Å². The lowest BCUT2D eigenvalue weighted by Crippen LogP contribution is -2.38. The molecule has 2 aliphatic carbocycles. The van der Waals surface area contributed by atoms with Crippen molar-refractivity contribution < 1.29 is 14.3 Å². The maximum atomic E-state index is 10.9. The predicted molar refractivity (Wildman–Crippen MR) is 120 cm³/mol. The van der Waals surface area contributed by atoms with Crippen molar-refractivity contribution in [1.82, 2.24) is 10.3 Å². The number of amides is 1. The molecule has 0 spiro atoms. The summed E-state index contributed by atoms with van der Waals surface area (Å²) in [4.78, 5) is 15.3. The van der Waals surface area contributed by atoms with E-state index in [9.17, 15) is 4.79 Å². The van der Waals surface area contributed by atoms with Crippen molar-refractivity contribution in [2.45, 2.75) is 68.9 Å². The Bertz CT molecular complexity index is 934. The number of methoxy groups -OCH3 is 1. The maximum Gasteiger partial charge on any atom is 0.207 e. The monoisotopic (exact) mass is 418 g/mol. The fourth-order valence-electron chi connectivity index (χ4n) is 4.73. The molecule has 162 valence electrons. The van der Waals surface area contributed by atoms with E-state index in [-0.39, 0.29) is 17.6 Å². The third kappa shape index (κ3) is 5.02. The van der Waals surface area contributed by atoms with E-state index < -0.39 is 0 Å². The van der Waals surface area contributed by atoms with Gasteiger partial charge in [-0.3, -0.25) is 4.79 Å². The van der Waals surface area contributed by atoms with Gasteiger partial charge in [0, 0.05) is 12.2 Å². The number of rotatable bonds is 6. The minimum atomic E-state index is -0.307. The Morgan fingerprint density at radius 1 is 1.10 bits per heavy atom. The molecule has 31 heavy (non-hydrogen) atoms. The number of benzene rings is 1. The molecule has 1 N–H and O–H groups in total. The van der Waals surface area contributed by atoms with Crippen LogP contribution in [-0.4, -0.2) is 30.6 Å². The fourth-order valence-corrected chi connectivity index (χ4v) is 4.73. The first kappa shape index (κ1) is 21.2. The largest absolute Gasteiger partial charge is 0.493 e. The Kier molecular flexibility index (Phi) is 6.76. The van der Waals surface area contributed by atoms with Gasteiger partial charge >= 0.3 is 0 Å². The highest BCUT2D eigenvalue weighted by molar-refractivity contribution is 5.50. The molecule has 2 fully saturated rings. The SMILES string of the molecule is COc1ccc(C2(C#Cc3ccccn3)CCC(NC=O)CC2)cc1OC1CCCC1. The molecule has 1 amide bonds. The quantitative estimate of drug-likeness (QED) is 0.558. The van der Waals surface area contributed by atoms with E-state index in [0.29, 0.717) is 0 Å². The van der Waals surface area contributed by atoms with Crippen molar-refractivity contribution in [2.24, 2.45) is 0 Å². The van der Waals surface area contributed by atoms with Crippen molar-refractivity contribution in [3.8, 4) is 23.3 Å². The molecular weight excluding hydrogens is 388 g/mol. The lowest BCUT2D eigenvalue weighted by atomic mass is 9.68. The summed E-state index contributed by atoms with van der Waals surface area (Å²) in [6, 6.07) is 12.2. The van der Waals surface area contributed by atoms with Gasteiger partial charge in [0.25, 0.3) is 0 Å². The molecular formula is C26H30N2O3. The van der Waals surface area contributed by atoms with Gasteiger partial charge in [-0.15, -0.1) is 0 Å². The predicted octanol–water partition coefficient (Wildman–Crippen LogP) is 4.39. The molecule has 1 heterocycles. The molecule has 2 saturated carbocycles. The number of nitrogens with zero attached hydrogens (tertiary/aromatic N) is 1. The molecule has 0 unspecified atom stereocenters. The van der Waals surface area contributed by atoms with Crippen LogP contribution < -0.4 is 14.8 Å². The van der Waals surface area contributed by atoms with Gasteiger partial charge in [0.05, 0.1) is 18.6 Å². The van der Waals surface area contributed by atoms with Crippen molar-refractivity contribution in [3.63, 3.8) is 0 Å². The second-order valence-corrected chi connectivity index (χ2v) is 8.50. The Morgan fingerprint density at radius 3 is 2.58 bits per heavy atom. The Morgan fingerprint density at radius 2 is 1.90 bits per heavy atom. The molecule has 0 saturated heterocycles. The molecule has 5 nitrogen and oxygen atoms in total. The number of hydrogen-bond acceptors (Lipinski definition) is 4. The third-order valence-corrected chi connectivity index (χ3v) is 6.55. The molecule has 4 rings (SSSR count). The van der Waals surface area contributed by atoms with Gasteiger partial charge in [-0.2, -0.15) is 0 Å². The van der Waals surface area contributed by atoms with Crippen molar-refractivity contribution in [3.05, 3.63) is 53.9 Å². The van der Waals surface area contributed by atoms with Crippen LogP contribution in [0.2, 0.25) is 0 Å². The number of carbonyl (C=O) groups is 1. The van der Waals surface area contributed by atoms with E-state index in [4.69, 9.17) is 9.47 Å². The number of carbonyl (C=O) groups excluding carboxylic acids is 1. The van der Waals surface area contributed by atoms with Crippen LogP contribution in [0.1, 0.15) is 62.6 Å². The molecule has 0 radical (unpaired) electrons. The molecule has 2 aromatic rings. The van der Waals surface area contributed by atoms with Crippen molar-refractivity contribution in [1.29, 1.82) is 0 Å².